The van der Waals surface area contributed by atoms with Crippen molar-refractivity contribution < 1.29 is 4.74 Å². The Morgan fingerprint density at radius 3 is 3.14 bits per heavy atom. The lowest BCUT2D eigenvalue weighted by Gasteiger charge is -2.27. The quantitative estimate of drug-likeness (QED) is 0.663. The Labute approximate surface area is 120 Å². The first-order valence-corrected chi connectivity index (χ1v) is 6.76. The van der Waals surface area contributed by atoms with Crippen LogP contribution in [0.15, 0.2) is 30.5 Å². The summed E-state index contributed by atoms with van der Waals surface area (Å²) in [6.45, 7) is 0.670. The standard InChI is InChI=1S/C14H14N6O/c15-14-18-12(9-7-16-20-13(9)19-14)17-10-5-6-21-11-4-2-1-3-8(10)11/h1-4,7,10H,5-6H2,(H4,15,16,17,18,19,20). The van der Waals surface area contributed by atoms with Gasteiger partial charge in [-0.1, -0.05) is 18.2 Å². The fraction of sp³-hybridized carbons (Fsp3) is 0.214. The third-order valence-corrected chi connectivity index (χ3v) is 3.60. The van der Waals surface area contributed by atoms with Gasteiger partial charge in [-0.3, -0.25) is 5.10 Å². The molecule has 21 heavy (non-hydrogen) atoms. The molecule has 1 aliphatic heterocycles. The SMILES string of the molecule is Nc1nc(NC2CCOc3ccccc32)c2cn[nH]c2n1. The van der Waals surface area contributed by atoms with Crippen molar-refractivity contribution >= 4 is 22.8 Å². The normalized spacial score (nSPS) is 17.2. The van der Waals surface area contributed by atoms with Crippen molar-refractivity contribution in [3.8, 4) is 5.75 Å². The monoisotopic (exact) mass is 282 g/mol. The Morgan fingerprint density at radius 2 is 2.19 bits per heavy atom. The highest BCUT2D eigenvalue weighted by Gasteiger charge is 2.22. The first kappa shape index (κ1) is 12.0. The number of nitrogen functional groups attached to an aromatic ring is 1. The molecule has 0 saturated carbocycles. The number of ether oxygens (including phenoxy) is 1. The van der Waals surface area contributed by atoms with Crippen LogP contribution < -0.4 is 15.8 Å². The molecule has 0 saturated heterocycles. The minimum absolute atomic E-state index is 0.127. The zero-order valence-electron chi connectivity index (χ0n) is 11.2. The molecular formula is C14H14N6O. The van der Waals surface area contributed by atoms with Crippen LogP contribution in [0.5, 0.6) is 5.75 Å². The number of nitrogens with two attached hydrogens (primary N) is 1. The number of anilines is 2. The Balaban J connectivity index is 1.74. The van der Waals surface area contributed by atoms with Gasteiger partial charge in [-0.15, -0.1) is 0 Å². The molecule has 106 valence electrons. The van der Waals surface area contributed by atoms with Gasteiger partial charge in [-0.25, -0.2) is 0 Å². The van der Waals surface area contributed by atoms with Crippen molar-refractivity contribution in [2.75, 3.05) is 17.7 Å². The maximum Gasteiger partial charge on any atom is 0.224 e. The van der Waals surface area contributed by atoms with Crippen LogP contribution in [-0.2, 0) is 0 Å². The minimum Gasteiger partial charge on any atom is -0.493 e. The van der Waals surface area contributed by atoms with Crippen molar-refractivity contribution in [1.82, 2.24) is 20.2 Å². The zero-order chi connectivity index (χ0) is 14.2. The van der Waals surface area contributed by atoms with E-state index in [9.17, 15) is 0 Å². The number of rotatable bonds is 2. The lowest BCUT2D eigenvalue weighted by molar-refractivity contribution is 0.274. The molecule has 0 radical (unpaired) electrons. The molecule has 1 aliphatic rings. The van der Waals surface area contributed by atoms with Crippen LogP contribution in [0.1, 0.15) is 18.0 Å². The highest BCUT2D eigenvalue weighted by molar-refractivity contribution is 5.87. The molecule has 3 aromatic rings. The summed E-state index contributed by atoms with van der Waals surface area (Å²) in [5, 5.41) is 11.1. The van der Waals surface area contributed by atoms with Crippen molar-refractivity contribution in [1.29, 1.82) is 0 Å². The van der Waals surface area contributed by atoms with Gasteiger partial charge in [0.25, 0.3) is 0 Å². The van der Waals surface area contributed by atoms with Crippen molar-refractivity contribution in [3.63, 3.8) is 0 Å². The second kappa shape index (κ2) is 4.62. The number of fused-ring (bicyclic) bond motifs is 2. The van der Waals surface area contributed by atoms with Crippen LogP contribution in [0.2, 0.25) is 0 Å². The Kier molecular flexibility index (Phi) is 2.63. The summed E-state index contributed by atoms with van der Waals surface area (Å²) < 4.78 is 5.67. The van der Waals surface area contributed by atoms with Gasteiger partial charge in [-0.2, -0.15) is 15.1 Å². The van der Waals surface area contributed by atoms with E-state index in [1.165, 1.54) is 0 Å². The predicted octanol–water partition coefficient (Wildman–Crippen LogP) is 1.87. The van der Waals surface area contributed by atoms with Gasteiger partial charge >= 0.3 is 0 Å². The van der Waals surface area contributed by atoms with Gasteiger partial charge in [0, 0.05) is 12.0 Å². The lowest BCUT2D eigenvalue weighted by Crippen LogP contribution is -2.21. The summed E-state index contributed by atoms with van der Waals surface area (Å²) >= 11 is 0. The topological polar surface area (TPSA) is 102 Å². The molecule has 0 aliphatic carbocycles. The van der Waals surface area contributed by atoms with E-state index in [1.807, 2.05) is 18.2 Å². The zero-order valence-corrected chi connectivity index (χ0v) is 11.2. The van der Waals surface area contributed by atoms with Gasteiger partial charge < -0.3 is 15.8 Å². The third-order valence-electron chi connectivity index (χ3n) is 3.60. The Morgan fingerprint density at radius 1 is 1.29 bits per heavy atom. The molecule has 1 atom stereocenters. The smallest absolute Gasteiger partial charge is 0.224 e. The molecule has 0 amide bonds. The number of hydrogen-bond acceptors (Lipinski definition) is 6. The molecule has 4 N–H and O–H groups in total. The van der Waals surface area contributed by atoms with Crippen LogP contribution in [0.3, 0.4) is 0 Å². The Hall–Kier alpha value is -2.83. The number of aromatic nitrogens is 4. The first-order chi connectivity index (χ1) is 10.3. The fourth-order valence-electron chi connectivity index (χ4n) is 2.62. The van der Waals surface area contributed by atoms with Crippen LogP contribution in [-0.4, -0.2) is 26.8 Å². The van der Waals surface area contributed by atoms with Gasteiger partial charge in [0.05, 0.1) is 24.2 Å². The highest BCUT2D eigenvalue weighted by atomic mass is 16.5. The van der Waals surface area contributed by atoms with E-state index < -0.39 is 0 Å². The summed E-state index contributed by atoms with van der Waals surface area (Å²) in [4.78, 5) is 8.41. The summed E-state index contributed by atoms with van der Waals surface area (Å²) in [6.07, 6.45) is 2.56. The first-order valence-electron chi connectivity index (χ1n) is 6.76. The van der Waals surface area contributed by atoms with E-state index in [-0.39, 0.29) is 12.0 Å². The lowest BCUT2D eigenvalue weighted by atomic mass is 10.0. The van der Waals surface area contributed by atoms with Gasteiger partial charge in [0.15, 0.2) is 5.65 Å². The number of hydrogen-bond donors (Lipinski definition) is 3. The van der Waals surface area contributed by atoms with Gasteiger partial charge in [-0.05, 0) is 6.07 Å². The van der Waals surface area contributed by atoms with Crippen LogP contribution in [0.4, 0.5) is 11.8 Å². The molecule has 3 heterocycles. The maximum absolute atomic E-state index is 5.75. The molecular weight excluding hydrogens is 268 g/mol. The number of nitrogens with zero attached hydrogens (tertiary/aromatic N) is 3. The Bertz CT molecular complexity index is 799. The minimum atomic E-state index is 0.127. The number of benzene rings is 1. The van der Waals surface area contributed by atoms with E-state index in [1.54, 1.807) is 6.20 Å². The van der Waals surface area contributed by atoms with E-state index in [2.05, 4.69) is 31.5 Å². The second-order valence-corrected chi connectivity index (χ2v) is 4.93. The summed E-state index contributed by atoms with van der Waals surface area (Å²) in [6, 6.07) is 8.14. The van der Waals surface area contributed by atoms with Crippen LogP contribution >= 0.6 is 0 Å². The van der Waals surface area contributed by atoms with Gasteiger partial charge in [0.1, 0.15) is 11.6 Å². The van der Waals surface area contributed by atoms with E-state index >= 15 is 0 Å². The van der Waals surface area contributed by atoms with Crippen molar-refractivity contribution in [3.05, 3.63) is 36.0 Å². The number of para-hydroxylation sites is 1. The van der Waals surface area contributed by atoms with E-state index in [0.29, 0.717) is 18.1 Å². The number of H-pyrrole nitrogens is 1. The molecule has 1 unspecified atom stereocenters. The molecule has 2 aromatic heterocycles. The molecule has 0 bridgehead atoms. The van der Waals surface area contributed by atoms with E-state index in [4.69, 9.17) is 10.5 Å². The van der Waals surface area contributed by atoms with Crippen molar-refractivity contribution in [2.24, 2.45) is 0 Å². The van der Waals surface area contributed by atoms with Gasteiger partial charge in [0.2, 0.25) is 5.95 Å². The predicted molar refractivity (Wildman–Crippen MR) is 79.0 cm³/mol. The highest BCUT2D eigenvalue weighted by Crippen LogP contribution is 2.34. The second-order valence-electron chi connectivity index (χ2n) is 4.93. The van der Waals surface area contributed by atoms with E-state index in [0.717, 1.165) is 23.1 Å². The molecule has 1 aromatic carbocycles. The number of aromatic amines is 1. The number of nitrogens with one attached hydrogen (secondary N) is 2. The average Bonchev–Trinajstić information content (AvgIpc) is 2.96. The largest absolute Gasteiger partial charge is 0.493 e. The summed E-state index contributed by atoms with van der Waals surface area (Å²) in [7, 11) is 0. The fourth-order valence-corrected chi connectivity index (χ4v) is 2.62. The molecule has 4 rings (SSSR count). The van der Waals surface area contributed by atoms with Crippen LogP contribution in [0, 0.1) is 0 Å². The molecule has 7 nitrogen and oxygen atoms in total. The summed E-state index contributed by atoms with van der Waals surface area (Å²) in [5.74, 6) is 1.81. The van der Waals surface area contributed by atoms with Crippen LogP contribution in [0.25, 0.3) is 11.0 Å². The molecule has 0 spiro atoms. The average molecular weight is 282 g/mol. The molecule has 0 fully saturated rings. The summed E-state index contributed by atoms with van der Waals surface area (Å²) in [5.41, 5.74) is 7.50. The molecule has 7 heteroatoms. The third kappa shape index (κ3) is 2.03. The maximum atomic E-state index is 5.75. The van der Waals surface area contributed by atoms with Crippen molar-refractivity contribution in [2.45, 2.75) is 12.5 Å².